The van der Waals surface area contributed by atoms with Crippen LogP contribution in [0, 0.1) is 0 Å². The van der Waals surface area contributed by atoms with Gasteiger partial charge in [-0.1, -0.05) is 6.92 Å². The molecule has 0 unspecified atom stereocenters. The third kappa shape index (κ3) is 3.64. The van der Waals surface area contributed by atoms with Crippen LogP contribution in [0.15, 0.2) is 34.2 Å². The van der Waals surface area contributed by atoms with Crippen molar-refractivity contribution in [1.82, 2.24) is 4.98 Å². The number of anilines is 1. The number of carbonyl (C=O) groups excluding carboxylic acids is 1. The van der Waals surface area contributed by atoms with E-state index in [9.17, 15) is 4.79 Å². The van der Waals surface area contributed by atoms with Crippen LogP contribution in [-0.4, -0.2) is 17.8 Å². The minimum Gasteiger partial charge on any atom is -0.368 e. The maximum atomic E-state index is 11.5. The molecule has 0 aliphatic rings. The number of nitrogens with zero attached hydrogens (tertiary/aromatic N) is 2. The zero-order chi connectivity index (χ0) is 13.8. The van der Waals surface area contributed by atoms with Gasteiger partial charge in [0.1, 0.15) is 5.69 Å². The molecule has 3 nitrogen and oxygen atoms in total. The van der Waals surface area contributed by atoms with E-state index in [0.29, 0.717) is 12.1 Å². The van der Waals surface area contributed by atoms with Crippen LogP contribution >= 0.6 is 27.3 Å². The molecule has 0 saturated carbocycles. The van der Waals surface area contributed by atoms with Crippen molar-refractivity contribution in [3.8, 4) is 0 Å². The largest absolute Gasteiger partial charge is 0.368 e. The number of pyridine rings is 1. The van der Waals surface area contributed by atoms with Gasteiger partial charge in [-0.3, -0.25) is 9.78 Å². The zero-order valence-corrected chi connectivity index (χ0v) is 13.3. The highest BCUT2D eigenvalue weighted by atomic mass is 79.9. The second-order valence-corrected chi connectivity index (χ2v) is 6.18. The van der Waals surface area contributed by atoms with Crippen LogP contribution in [0.5, 0.6) is 0 Å². The van der Waals surface area contributed by atoms with Gasteiger partial charge >= 0.3 is 0 Å². The molecule has 0 bridgehead atoms. The van der Waals surface area contributed by atoms with Gasteiger partial charge in [-0.15, -0.1) is 11.3 Å². The third-order valence-corrected chi connectivity index (χ3v) is 4.49. The first-order valence-electron chi connectivity index (χ1n) is 6.03. The lowest BCUT2D eigenvalue weighted by molar-refractivity contribution is 0.0983. The number of Topliss-reactive ketones (excluding diaryl/α,β-unsaturated/α-hetero) is 1. The van der Waals surface area contributed by atoms with Gasteiger partial charge in [0.25, 0.3) is 0 Å². The number of hydrogen-bond donors (Lipinski definition) is 0. The first-order chi connectivity index (χ1) is 9.10. The van der Waals surface area contributed by atoms with E-state index in [1.165, 1.54) is 4.88 Å². The summed E-state index contributed by atoms with van der Waals surface area (Å²) in [4.78, 5) is 19.1. The van der Waals surface area contributed by atoms with Crippen LogP contribution < -0.4 is 4.90 Å². The van der Waals surface area contributed by atoms with Gasteiger partial charge in [0.2, 0.25) is 0 Å². The standard InChI is InChI=1S/C14H15BrN2OS/c1-3-14(18)13-5-4-11(7-16-13)17(2)8-12-6-10(15)9-19-12/h4-7,9H,3,8H2,1-2H3. The Bertz CT molecular complexity index is 565. The van der Waals surface area contributed by atoms with E-state index in [4.69, 9.17) is 0 Å². The molecular formula is C14H15BrN2OS. The number of rotatable bonds is 5. The lowest BCUT2D eigenvalue weighted by atomic mass is 10.2. The molecule has 5 heteroatoms. The SMILES string of the molecule is CCC(=O)c1ccc(N(C)Cc2cc(Br)cs2)cn1. The fourth-order valence-corrected chi connectivity index (χ4v) is 3.22. The minimum atomic E-state index is 0.0800. The highest BCUT2D eigenvalue weighted by Crippen LogP contribution is 2.23. The fourth-order valence-electron chi connectivity index (χ4n) is 1.72. The molecule has 0 fully saturated rings. The molecule has 0 saturated heterocycles. The van der Waals surface area contributed by atoms with E-state index in [0.717, 1.165) is 16.7 Å². The Labute approximate surface area is 125 Å². The summed E-state index contributed by atoms with van der Waals surface area (Å²) in [5.41, 5.74) is 1.55. The third-order valence-electron chi connectivity index (χ3n) is 2.81. The number of carbonyl (C=O) groups is 1. The summed E-state index contributed by atoms with van der Waals surface area (Å²) in [7, 11) is 2.02. The molecule has 0 aromatic carbocycles. The van der Waals surface area contributed by atoms with Gasteiger partial charge in [-0.2, -0.15) is 0 Å². The summed E-state index contributed by atoms with van der Waals surface area (Å²) in [6, 6.07) is 5.85. The normalized spacial score (nSPS) is 10.5. The quantitative estimate of drug-likeness (QED) is 0.768. The van der Waals surface area contributed by atoms with Crippen LogP contribution in [0.2, 0.25) is 0 Å². The van der Waals surface area contributed by atoms with Crippen molar-refractivity contribution in [1.29, 1.82) is 0 Å². The van der Waals surface area contributed by atoms with Gasteiger partial charge in [-0.25, -0.2) is 0 Å². The van der Waals surface area contributed by atoms with E-state index in [-0.39, 0.29) is 5.78 Å². The van der Waals surface area contributed by atoms with Crippen LogP contribution in [0.25, 0.3) is 0 Å². The van der Waals surface area contributed by atoms with E-state index >= 15 is 0 Å². The Morgan fingerprint density at radius 2 is 2.26 bits per heavy atom. The van der Waals surface area contributed by atoms with Gasteiger partial charge in [0.15, 0.2) is 5.78 Å². The molecule has 19 heavy (non-hydrogen) atoms. The van der Waals surface area contributed by atoms with Crippen molar-refractivity contribution in [2.45, 2.75) is 19.9 Å². The Morgan fingerprint density at radius 1 is 1.47 bits per heavy atom. The molecule has 0 aliphatic carbocycles. The summed E-state index contributed by atoms with van der Waals surface area (Å²) in [6.45, 7) is 2.68. The Hall–Kier alpha value is -1.20. The first kappa shape index (κ1) is 14.2. The number of hydrogen-bond acceptors (Lipinski definition) is 4. The van der Waals surface area contributed by atoms with Crippen molar-refractivity contribution >= 4 is 38.7 Å². The highest BCUT2D eigenvalue weighted by molar-refractivity contribution is 9.10. The molecule has 0 radical (unpaired) electrons. The molecule has 0 atom stereocenters. The number of ketones is 1. The molecule has 0 aliphatic heterocycles. The Morgan fingerprint density at radius 3 is 2.79 bits per heavy atom. The summed E-state index contributed by atoms with van der Waals surface area (Å²) < 4.78 is 1.11. The van der Waals surface area contributed by atoms with Crippen molar-refractivity contribution in [3.05, 3.63) is 44.8 Å². The first-order valence-corrected chi connectivity index (χ1v) is 7.70. The molecule has 2 aromatic heterocycles. The average molecular weight is 339 g/mol. The smallest absolute Gasteiger partial charge is 0.180 e. The highest BCUT2D eigenvalue weighted by Gasteiger charge is 2.07. The molecule has 2 rings (SSSR count). The maximum Gasteiger partial charge on any atom is 0.180 e. The predicted octanol–water partition coefficient (Wildman–Crippen LogP) is 4.13. The lowest BCUT2D eigenvalue weighted by Crippen LogP contribution is -2.16. The van der Waals surface area contributed by atoms with Gasteiger partial charge in [0.05, 0.1) is 18.4 Å². The molecular weight excluding hydrogens is 324 g/mol. The molecule has 2 heterocycles. The van der Waals surface area contributed by atoms with Gasteiger partial charge in [-0.05, 0) is 34.1 Å². The second kappa shape index (κ2) is 6.30. The van der Waals surface area contributed by atoms with E-state index < -0.39 is 0 Å². The number of aromatic nitrogens is 1. The van der Waals surface area contributed by atoms with Gasteiger partial charge < -0.3 is 4.90 Å². The lowest BCUT2D eigenvalue weighted by Gasteiger charge is -2.18. The van der Waals surface area contributed by atoms with Crippen molar-refractivity contribution in [2.75, 3.05) is 11.9 Å². The summed E-state index contributed by atoms with van der Waals surface area (Å²) in [6.07, 6.45) is 2.25. The van der Waals surface area contributed by atoms with Crippen LogP contribution in [-0.2, 0) is 6.54 Å². The topological polar surface area (TPSA) is 33.2 Å². The van der Waals surface area contributed by atoms with Crippen molar-refractivity contribution in [2.24, 2.45) is 0 Å². The van der Waals surface area contributed by atoms with Crippen LogP contribution in [0.4, 0.5) is 5.69 Å². The zero-order valence-electron chi connectivity index (χ0n) is 10.9. The summed E-state index contributed by atoms with van der Waals surface area (Å²) >= 11 is 5.17. The molecule has 2 aromatic rings. The van der Waals surface area contributed by atoms with Crippen LogP contribution in [0.1, 0.15) is 28.7 Å². The number of thiophene rings is 1. The molecule has 100 valence electrons. The van der Waals surface area contributed by atoms with Crippen molar-refractivity contribution in [3.63, 3.8) is 0 Å². The number of halogens is 1. The van der Waals surface area contributed by atoms with E-state index in [2.05, 4.69) is 37.3 Å². The molecule has 0 spiro atoms. The Balaban J connectivity index is 2.07. The monoisotopic (exact) mass is 338 g/mol. The predicted molar refractivity (Wildman–Crippen MR) is 83.0 cm³/mol. The fraction of sp³-hybridized carbons (Fsp3) is 0.286. The van der Waals surface area contributed by atoms with Gasteiger partial charge in [0, 0.05) is 28.2 Å². The Kier molecular flexibility index (Phi) is 4.71. The van der Waals surface area contributed by atoms with E-state index in [1.807, 2.05) is 20.0 Å². The second-order valence-electron chi connectivity index (χ2n) is 4.27. The molecule has 0 amide bonds. The summed E-state index contributed by atoms with van der Waals surface area (Å²) in [5.74, 6) is 0.0800. The maximum absolute atomic E-state index is 11.5. The van der Waals surface area contributed by atoms with Crippen molar-refractivity contribution < 1.29 is 4.79 Å². The summed E-state index contributed by atoms with van der Waals surface area (Å²) in [5, 5.41) is 2.07. The van der Waals surface area contributed by atoms with Crippen LogP contribution in [0.3, 0.4) is 0 Å². The average Bonchev–Trinajstić information content (AvgIpc) is 2.83. The molecule has 0 N–H and O–H groups in total. The van der Waals surface area contributed by atoms with E-state index in [1.54, 1.807) is 23.6 Å². The minimum absolute atomic E-state index is 0.0800.